The van der Waals surface area contributed by atoms with Gasteiger partial charge >= 0.3 is 11.9 Å². The minimum Gasteiger partial charge on any atom is -0.462 e. The lowest BCUT2D eigenvalue weighted by atomic mass is 10.1. The highest BCUT2D eigenvalue weighted by atomic mass is 16.5. The van der Waals surface area contributed by atoms with E-state index in [0.717, 1.165) is 11.4 Å². The predicted molar refractivity (Wildman–Crippen MR) is 126 cm³/mol. The number of para-hydroxylation sites is 1. The molecule has 1 aromatic carbocycles. The summed E-state index contributed by atoms with van der Waals surface area (Å²) in [5, 5.41) is 6.88. The van der Waals surface area contributed by atoms with E-state index in [1.165, 1.54) is 13.8 Å². The molecule has 3 aromatic rings. The van der Waals surface area contributed by atoms with E-state index in [1.54, 1.807) is 18.5 Å². The predicted octanol–water partition coefficient (Wildman–Crippen LogP) is 3.49. The maximum atomic E-state index is 12.4. The van der Waals surface area contributed by atoms with Crippen molar-refractivity contribution >= 4 is 29.5 Å². The van der Waals surface area contributed by atoms with Gasteiger partial charge in [0.1, 0.15) is 11.3 Å². The number of hydrogen-bond donors (Lipinski definition) is 1. The first-order valence-corrected chi connectivity index (χ1v) is 11.0. The van der Waals surface area contributed by atoms with Crippen LogP contribution in [0.5, 0.6) is 0 Å². The van der Waals surface area contributed by atoms with Crippen molar-refractivity contribution < 1.29 is 33.1 Å². The van der Waals surface area contributed by atoms with Gasteiger partial charge in [0.05, 0.1) is 30.0 Å². The molecule has 0 unspecified atom stereocenters. The van der Waals surface area contributed by atoms with E-state index in [2.05, 4.69) is 10.4 Å². The second-order valence-corrected chi connectivity index (χ2v) is 7.80. The maximum Gasteiger partial charge on any atom is 0.344 e. The molecular weight excluding hydrogens is 454 g/mol. The first-order chi connectivity index (χ1) is 16.6. The summed E-state index contributed by atoms with van der Waals surface area (Å²) in [6.07, 6.45) is -0.0692. The molecule has 2 aromatic heterocycles. The molecule has 35 heavy (non-hydrogen) atoms. The first-order valence-electron chi connectivity index (χ1n) is 11.0. The van der Waals surface area contributed by atoms with E-state index in [1.807, 2.05) is 37.3 Å². The molecule has 184 valence electrons. The lowest BCUT2D eigenvalue weighted by molar-refractivity contribution is -0.146. The molecule has 10 nitrogen and oxygen atoms in total. The minimum atomic E-state index is -0.803. The van der Waals surface area contributed by atoms with Crippen LogP contribution in [0, 0.1) is 20.8 Å². The molecule has 0 aliphatic rings. The monoisotopic (exact) mass is 481 g/mol. The van der Waals surface area contributed by atoms with Crippen molar-refractivity contribution in [3.63, 3.8) is 0 Å². The number of benzene rings is 1. The van der Waals surface area contributed by atoms with Crippen molar-refractivity contribution in [1.29, 1.82) is 0 Å². The zero-order valence-corrected chi connectivity index (χ0v) is 20.3. The Balaban J connectivity index is 1.67. The largest absolute Gasteiger partial charge is 0.462 e. The number of furan rings is 1. The van der Waals surface area contributed by atoms with E-state index in [-0.39, 0.29) is 35.8 Å². The molecule has 0 bridgehead atoms. The molecule has 0 atom stereocenters. The third-order valence-electron chi connectivity index (χ3n) is 5.30. The number of amides is 1. The number of aryl methyl sites for hydroxylation is 2. The Morgan fingerprint density at radius 1 is 1.03 bits per heavy atom. The Kier molecular flexibility index (Phi) is 7.85. The van der Waals surface area contributed by atoms with Gasteiger partial charge in [0.25, 0.3) is 5.91 Å². The molecule has 10 heteroatoms. The minimum absolute atomic E-state index is 0.0251. The summed E-state index contributed by atoms with van der Waals surface area (Å²) in [7, 11) is 0. The van der Waals surface area contributed by atoms with Crippen molar-refractivity contribution in [1.82, 2.24) is 9.78 Å². The summed E-state index contributed by atoms with van der Waals surface area (Å²) in [6, 6.07) is 9.50. The maximum absolute atomic E-state index is 12.4. The van der Waals surface area contributed by atoms with Crippen LogP contribution in [-0.4, -0.2) is 46.6 Å². The second-order valence-electron chi connectivity index (χ2n) is 7.80. The number of nitrogens with one attached hydrogen (secondary N) is 1. The molecule has 2 heterocycles. The highest BCUT2D eigenvalue weighted by Gasteiger charge is 2.29. The number of carbonyl (C=O) groups is 4. The van der Waals surface area contributed by atoms with Gasteiger partial charge in [-0.15, -0.1) is 0 Å². The molecule has 0 radical (unpaired) electrons. The molecule has 0 aliphatic carbocycles. The van der Waals surface area contributed by atoms with Gasteiger partial charge in [-0.3, -0.25) is 19.7 Å². The van der Waals surface area contributed by atoms with Gasteiger partial charge in [-0.25, -0.2) is 9.48 Å². The number of Topliss-reactive ketones (excluding diaryl/α,β-unsaturated/α-hetero) is 1. The number of anilines is 1. The summed E-state index contributed by atoms with van der Waals surface area (Å²) < 4.78 is 17.3. The number of rotatable bonds is 9. The zero-order valence-electron chi connectivity index (χ0n) is 20.3. The molecular formula is C25H27N3O7. The Morgan fingerprint density at radius 3 is 2.34 bits per heavy atom. The van der Waals surface area contributed by atoms with E-state index in [4.69, 9.17) is 13.9 Å². The van der Waals surface area contributed by atoms with Crippen LogP contribution < -0.4 is 5.32 Å². The third-order valence-corrected chi connectivity index (χ3v) is 5.30. The van der Waals surface area contributed by atoms with Gasteiger partial charge in [0.15, 0.2) is 12.4 Å². The SMILES string of the molecule is CCOC(=O)c1c(NC(=O)COC(=O)Cc2c(C)nn(-c3ccccc3)c2C)oc(C)c1C(C)=O. The van der Waals surface area contributed by atoms with Crippen molar-refractivity contribution in [3.8, 4) is 5.69 Å². The molecule has 3 rings (SSSR count). The smallest absolute Gasteiger partial charge is 0.344 e. The van der Waals surface area contributed by atoms with Crippen LogP contribution >= 0.6 is 0 Å². The summed E-state index contributed by atoms with van der Waals surface area (Å²) >= 11 is 0. The lowest BCUT2D eigenvalue weighted by Gasteiger charge is -2.08. The van der Waals surface area contributed by atoms with Gasteiger partial charge < -0.3 is 13.9 Å². The van der Waals surface area contributed by atoms with Gasteiger partial charge in [0, 0.05) is 11.3 Å². The average Bonchev–Trinajstić information content (AvgIpc) is 3.29. The summed E-state index contributed by atoms with van der Waals surface area (Å²) in [4.78, 5) is 49.2. The number of esters is 2. The van der Waals surface area contributed by atoms with Gasteiger partial charge in [0.2, 0.25) is 5.88 Å². The highest BCUT2D eigenvalue weighted by Crippen LogP contribution is 2.28. The van der Waals surface area contributed by atoms with Crippen LogP contribution in [-0.2, 0) is 25.5 Å². The zero-order chi connectivity index (χ0) is 25.7. The van der Waals surface area contributed by atoms with E-state index >= 15 is 0 Å². The Bertz CT molecular complexity index is 1270. The van der Waals surface area contributed by atoms with Crippen molar-refractivity contribution in [2.24, 2.45) is 0 Å². The average molecular weight is 482 g/mol. The normalized spacial score (nSPS) is 10.7. The number of hydrogen-bond acceptors (Lipinski definition) is 8. The van der Waals surface area contributed by atoms with Gasteiger partial charge in [-0.05, 0) is 46.8 Å². The van der Waals surface area contributed by atoms with Crippen LogP contribution in [0.3, 0.4) is 0 Å². The third kappa shape index (κ3) is 5.65. The topological polar surface area (TPSA) is 130 Å². The summed E-state index contributed by atoms with van der Waals surface area (Å²) in [5.41, 5.74) is 2.89. The first kappa shape index (κ1) is 25.4. The highest BCUT2D eigenvalue weighted by molar-refractivity contribution is 6.10. The van der Waals surface area contributed by atoms with Crippen LogP contribution in [0.25, 0.3) is 5.69 Å². The summed E-state index contributed by atoms with van der Waals surface area (Å²) in [6.45, 7) is 7.50. The molecule has 0 fully saturated rings. The number of ketones is 1. The van der Waals surface area contributed by atoms with E-state index in [0.29, 0.717) is 11.3 Å². The lowest BCUT2D eigenvalue weighted by Crippen LogP contribution is -2.23. The molecule has 0 aliphatic heterocycles. The van der Waals surface area contributed by atoms with Gasteiger partial charge in [-0.1, -0.05) is 18.2 Å². The van der Waals surface area contributed by atoms with Crippen LogP contribution in [0.4, 0.5) is 5.88 Å². The quantitative estimate of drug-likeness (QED) is 0.363. The van der Waals surface area contributed by atoms with E-state index < -0.39 is 30.2 Å². The van der Waals surface area contributed by atoms with Crippen molar-refractivity contribution in [2.75, 3.05) is 18.5 Å². The molecule has 0 saturated carbocycles. The van der Waals surface area contributed by atoms with E-state index in [9.17, 15) is 19.2 Å². The fraction of sp³-hybridized carbons (Fsp3) is 0.320. The van der Waals surface area contributed by atoms with Crippen molar-refractivity contribution in [2.45, 2.75) is 41.0 Å². The fourth-order valence-electron chi connectivity index (χ4n) is 3.71. The Morgan fingerprint density at radius 2 is 1.71 bits per heavy atom. The molecule has 0 spiro atoms. The van der Waals surface area contributed by atoms with Crippen LogP contribution in [0.2, 0.25) is 0 Å². The standard InChI is InChI=1S/C25H27N3O7/c1-6-33-25(32)23-22(16(4)29)17(5)35-24(23)26-20(30)13-34-21(31)12-19-14(2)27-28(15(19)3)18-10-8-7-9-11-18/h7-11H,6,12-13H2,1-5H3,(H,26,30). The summed E-state index contributed by atoms with van der Waals surface area (Å²) in [5.74, 6) is -2.64. The van der Waals surface area contributed by atoms with Crippen LogP contribution in [0.15, 0.2) is 34.7 Å². The number of carbonyl (C=O) groups excluding carboxylic acids is 4. The van der Waals surface area contributed by atoms with Gasteiger partial charge in [-0.2, -0.15) is 5.10 Å². The van der Waals surface area contributed by atoms with Crippen LogP contribution in [0.1, 0.15) is 57.3 Å². The fourth-order valence-corrected chi connectivity index (χ4v) is 3.71. The molecule has 1 N–H and O–H groups in total. The number of nitrogens with zero attached hydrogens (tertiary/aromatic N) is 2. The van der Waals surface area contributed by atoms with Crippen molar-refractivity contribution in [3.05, 3.63) is 64.2 Å². The Labute approximate surface area is 202 Å². The number of ether oxygens (including phenoxy) is 2. The second kappa shape index (κ2) is 10.8. The Hall–Kier alpha value is -4.21. The molecule has 0 saturated heterocycles. The number of aromatic nitrogens is 2. The molecule has 1 amide bonds.